The Kier molecular flexibility index (Phi) is 3.31. The molecule has 1 saturated heterocycles. The lowest BCUT2D eigenvalue weighted by Gasteiger charge is -2.18. The summed E-state index contributed by atoms with van der Waals surface area (Å²) in [6.07, 6.45) is -0.249. The van der Waals surface area contributed by atoms with E-state index in [1.165, 1.54) is 0 Å². The number of anilines is 1. The molecule has 1 aromatic rings. The van der Waals surface area contributed by atoms with Crippen LogP contribution in [0.5, 0.6) is 5.75 Å². The van der Waals surface area contributed by atoms with Gasteiger partial charge >= 0.3 is 7.32 Å². The van der Waals surface area contributed by atoms with Gasteiger partial charge in [0, 0.05) is 24.8 Å². The first kappa shape index (κ1) is 11.2. The van der Waals surface area contributed by atoms with Gasteiger partial charge in [-0.25, -0.2) is 4.39 Å². The number of benzene rings is 1. The first-order valence-corrected chi connectivity index (χ1v) is 5.17. The summed E-state index contributed by atoms with van der Waals surface area (Å²) in [5.41, 5.74) is 0.832. The van der Waals surface area contributed by atoms with E-state index in [-0.39, 0.29) is 0 Å². The summed E-state index contributed by atoms with van der Waals surface area (Å²) in [6.45, 7) is 1.05. The second-order valence-corrected chi connectivity index (χ2v) is 3.77. The van der Waals surface area contributed by atoms with Crippen LogP contribution in [0.15, 0.2) is 24.3 Å². The Bertz CT molecular complexity index is 364. The molecule has 2 rings (SSSR count). The Hall–Kier alpha value is -1.27. The molecule has 1 aromatic carbocycles. The monoisotopic (exact) mass is 225 g/mol. The van der Waals surface area contributed by atoms with Crippen LogP contribution in [0.25, 0.3) is 0 Å². The fourth-order valence-corrected chi connectivity index (χ4v) is 1.83. The standard InChI is InChI=1S/C10H13BFNO3/c12-8-4-5-13(7-8)9-2-1-3-10(6-9)16-11(14)15/h1-3,6,8,14-15H,4-5,7H2/t8-/m0/s1. The van der Waals surface area contributed by atoms with Crippen molar-refractivity contribution in [3.8, 4) is 5.75 Å². The van der Waals surface area contributed by atoms with E-state index in [4.69, 9.17) is 14.7 Å². The molecule has 0 saturated carbocycles. The quantitative estimate of drug-likeness (QED) is 0.739. The summed E-state index contributed by atoms with van der Waals surface area (Å²) < 4.78 is 17.7. The fourth-order valence-electron chi connectivity index (χ4n) is 1.83. The van der Waals surface area contributed by atoms with Crippen LogP contribution in [-0.4, -0.2) is 36.6 Å². The van der Waals surface area contributed by atoms with Crippen molar-refractivity contribution in [3.63, 3.8) is 0 Å². The number of alkyl halides is 1. The molecule has 1 fully saturated rings. The second-order valence-electron chi connectivity index (χ2n) is 3.77. The van der Waals surface area contributed by atoms with Gasteiger partial charge in [-0.05, 0) is 18.6 Å². The topological polar surface area (TPSA) is 52.9 Å². The summed E-state index contributed by atoms with van der Waals surface area (Å²) >= 11 is 0. The molecule has 1 atom stereocenters. The van der Waals surface area contributed by atoms with Crippen molar-refractivity contribution in [1.82, 2.24) is 0 Å². The SMILES string of the molecule is OB(O)Oc1cccc(N2CC[C@H](F)C2)c1. The predicted octanol–water partition coefficient (Wildman–Crippen LogP) is 0.583. The Morgan fingerprint density at radius 3 is 2.88 bits per heavy atom. The van der Waals surface area contributed by atoms with Gasteiger partial charge in [0.25, 0.3) is 0 Å². The van der Waals surface area contributed by atoms with Crippen molar-refractivity contribution >= 4 is 13.0 Å². The van der Waals surface area contributed by atoms with Gasteiger partial charge in [0.2, 0.25) is 0 Å². The van der Waals surface area contributed by atoms with Gasteiger partial charge in [-0.1, -0.05) is 6.07 Å². The Morgan fingerprint density at radius 1 is 1.44 bits per heavy atom. The summed E-state index contributed by atoms with van der Waals surface area (Å²) in [7, 11) is -1.83. The van der Waals surface area contributed by atoms with Gasteiger partial charge < -0.3 is 19.6 Å². The predicted molar refractivity (Wildman–Crippen MR) is 59.0 cm³/mol. The lowest BCUT2D eigenvalue weighted by molar-refractivity contribution is 0.288. The van der Waals surface area contributed by atoms with Gasteiger partial charge in [-0.15, -0.1) is 0 Å². The minimum absolute atomic E-state index is 0.356. The molecule has 0 aromatic heterocycles. The van der Waals surface area contributed by atoms with E-state index in [1.54, 1.807) is 18.2 Å². The van der Waals surface area contributed by atoms with Crippen LogP contribution < -0.4 is 9.55 Å². The molecule has 6 heteroatoms. The zero-order valence-electron chi connectivity index (χ0n) is 8.71. The minimum Gasteiger partial charge on any atom is -0.512 e. The third-order valence-electron chi connectivity index (χ3n) is 2.56. The highest BCUT2D eigenvalue weighted by Gasteiger charge is 2.22. The van der Waals surface area contributed by atoms with Crippen LogP contribution in [-0.2, 0) is 0 Å². The van der Waals surface area contributed by atoms with Crippen LogP contribution in [0.3, 0.4) is 0 Å². The Balaban J connectivity index is 2.09. The smallest absolute Gasteiger partial charge is 0.512 e. The van der Waals surface area contributed by atoms with Crippen molar-refractivity contribution in [2.45, 2.75) is 12.6 Å². The maximum atomic E-state index is 13.0. The van der Waals surface area contributed by atoms with E-state index >= 15 is 0 Å². The average molecular weight is 225 g/mol. The van der Waals surface area contributed by atoms with Crippen molar-refractivity contribution in [2.75, 3.05) is 18.0 Å². The maximum absolute atomic E-state index is 13.0. The lowest BCUT2D eigenvalue weighted by Crippen LogP contribution is -2.22. The van der Waals surface area contributed by atoms with Crippen LogP contribution >= 0.6 is 0 Å². The van der Waals surface area contributed by atoms with Gasteiger partial charge in [0.05, 0.1) is 0 Å². The minimum atomic E-state index is -1.83. The summed E-state index contributed by atoms with van der Waals surface area (Å²) in [6, 6.07) is 6.86. The fraction of sp³-hybridized carbons (Fsp3) is 0.400. The summed E-state index contributed by atoms with van der Waals surface area (Å²) in [4.78, 5) is 1.90. The van der Waals surface area contributed by atoms with Crippen LogP contribution in [0, 0.1) is 0 Å². The molecule has 2 N–H and O–H groups in total. The second kappa shape index (κ2) is 4.72. The molecule has 0 radical (unpaired) electrons. The van der Waals surface area contributed by atoms with Crippen LogP contribution in [0.2, 0.25) is 0 Å². The number of hydrogen-bond donors (Lipinski definition) is 2. The molecule has 1 aliphatic rings. The molecule has 0 bridgehead atoms. The molecule has 4 nitrogen and oxygen atoms in total. The van der Waals surface area contributed by atoms with Crippen molar-refractivity contribution in [3.05, 3.63) is 24.3 Å². The van der Waals surface area contributed by atoms with Crippen molar-refractivity contribution < 1.29 is 19.1 Å². The average Bonchev–Trinajstić information content (AvgIpc) is 2.64. The van der Waals surface area contributed by atoms with E-state index in [9.17, 15) is 4.39 Å². The van der Waals surface area contributed by atoms with Crippen LogP contribution in [0.4, 0.5) is 10.1 Å². The zero-order valence-corrected chi connectivity index (χ0v) is 8.71. The summed E-state index contributed by atoms with van der Waals surface area (Å²) in [5, 5.41) is 17.3. The van der Waals surface area contributed by atoms with Crippen molar-refractivity contribution in [2.24, 2.45) is 0 Å². The molecule has 0 aliphatic carbocycles. The third-order valence-corrected chi connectivity index (χ3v) is 2.56. The first-order valence-electron chi connectivity index (χ1n) is 5.17. The molecule has 0 spiro atoms. The molecule has 1 aliphatic heterocycles. The van der Waals surface area contributed by atoms with E-state index in [1.807, 2.05) is 11.0 Å². The van der Waals surface area contributed by atoms with E-state index in [0.717, 1.165) is 5.69 Å². The van der Waals surface area contributed by atoms with E-state index < -0.39 is 13.5 Å². The van der Waals surface area contributed by atoms with E-state index in [0.29, 0.717) is 25.3 Å². The Morgan fingerprint density at radius 2 is 2.25 bits per heavy atom. The molecule has 16 heavy (non-hydrogen) atoms. The highest BCUT2D eigenvalue weighted by molar-refractivity contribution is 6.33. The Labute approximate surface area is 93.4 Å². The molecular weight excluding hydrogens is 212 g/mol. The largest absolute Gasteiger partial charge is 0.707 e. The molecule has 0 unspecified atom stereocenters. The van der Waals surface area contributed by atoms with Crippen LogP contribution in [0.1, 0.15) is 6.42 Å². The highest BCUT2D eigenvalue weighted by Crippen LogP contribution is 2.25. The number of rotatable bonds is 3. The van der Waals surface area contributed by atoms with Crippen molar-refractivity contribution in [1.29, 1.82) is 0 Å². The first-order chi connectivity index (χ1) is 7.65. The number of nitrogens with zero attached hydrogens (tertiary/aromatic N) is 1. The normalized spacial score (nSPS) is 19.9. The molecule has 0 amide bonds. The molecule has 1 heterocycles. The highest BCUT2D eigenvalue weighted by atomic mass is 19.1. The lowest BCUT2D eigenvalue weighted by atomic mass is 10.2. The van der Waals surface area contributed by atoms with Gasteiger partial charge in [0.1, 0.15) is 11.9 Å². The summed E-state index contributed by atoms with van der Waals surface area (Å²) in [5.74, 6) is 0.356. The number of hydrogen-bond acceptors (Lipinski definition) is 4. The molecular formula is C10H13BFNO3. The van der Waals surface area contributed by atoms with Gasteiger partial charge in [-0.2, -0.15) is 0 Å². The number of halogens is 1. The zero-order chi connectivity index (χ0) is 11.5. The van der Waals surface area contributed by atoms with Gasteiger partial charge in [0.15, 0.2) is 0 Å². The molecule has 86 valence electrons. The van der Waals surface area contributed by atoms with E-state index in [2.05, 4.69) is 0 Å². The van der Waals surface area contributed by atoms with Gasteiger partial charge in [-0.3, -0.25) is 0 Å². The maximum Gasteiger partial charge on any atom is 0.707 e. The third kappa shape index (κ3) is 2.65.